The normalized spacial score (nSPS) is 27.2. The molecule has 1 aromatic carbocycles. The molecule has 0 bridgehead atoms. The maximum Gasteiger partial charge on any atom is 0.195 e. The number of sulfone groups is 1. The van der Waals surface area contributed by atoms with Crippen LogP contribution in [0.2, 0.25) is 0 Å². The molecular formula is C9H11NO2S. The monoisotopic (exact) mass is 197 g/mol. The molecule has 1 saturated heterocycles. The highest BCUT2D eigenvalue weighted by Crippen LogP contribution is 2.26. The largest absolute Gasteiger partial charge is 0.286 e. The van der Waals surface area contributed by atoms with E-state index in [0.29, 0.717) is 11.4 Å². The van der Waals surface area contributed by atoms with E-state index in [0.717, 1.165) is 0 Å². The van der Waals surface area contributed by atoms with Crippen LogP contribution < -0.4 is 0 Å². The quantitative estimate of drug-likeness (QED) is 0.656. The first-order valence-corrected chi connectivity index (χ1v) is 5.66. The average molecular weight is 197 g/mol. The number of hydrogen-bond donors (Lipinski definition) is 0. The van der Waals surface area contributed by atoms with Gasteiger partial charge in [-0.2, -0.15) is 0 Å². The maximum atomic E-state index is 11.8. The topological polar surface area (TPSA) is 37.1 Å². The summed E-state index contributed by atoms with van der Waals surface area (Å²) >= 11 is 0. The zero-order chi connectivity index (χ0) is 9.47. The van der Waals surface area contributed by atoms with E-state index >= 15 is 0 Å². The maximum absolute atomic E-state index is 11.8. The van der Waals surface area contributed by atoms with Crippen LogP contribution in [0.3, 0.4) is 0 Å². The second-order valence-electron chi connectivity index (χ2n) is 3.25. The van der Waals surface area contributed by atoms with Crippen molar-refractivity contribution in [3.05, 3.63) is 30.3 Å². The Morgan fingerprint density at radius 1 is 1.31 bits per heavy atom. The van der Waals surface area contributed by atoms with Crippen LogP contribution in [0.15, 0.2) is 35.2 Å². The van der Waals surface area contributed by atoms with Crippen LogP contribution in [0, 0.1) is 0 Å². The van der Waals surface area contributed by atoms with Crippen LogP contribution in [-0.2, 0) is 9.84 Å². The van der Waals surface area contributed by atoms with Crippen LogP contribution >= 0.6 is 0 Å². The molecule has 0 saturated carbocycles. The highest BCUT2D eigenvalue weighted by Gasteiger charge is 2.42. The van der Waals surface area contributed by atoms with Crippen LogP contribution in [0.1, 0.15) is 0 Å². The Hall–Kier alpha value is -0.870. The molecule has 2 atom stereocenters. The predicted octanol–water partition coefficient (Wildman–Crippen LogP) is 0.732. The van der Waals surface area contributed by atoms with Gasteiger partial charge < -0.3 is 0 Å². The molecule has 1 heterocycles. The summed E-state index contributed by atoms with van der Waals surface area (Å²) in [6.45, 7) is 0.650. The first-order chi connectivity index (χ1) is 6.12. The summed E-state index contributed by atoms with van der Waals surface area (Å²) in [5.74, 6) is 0. The van der Waals surface area contributed by atoms with E-state index in [1.54, 1.807) is 24.3 Å². The lowest BCUT2D eigenvalue weighted by Crippen LogP contribution is -2.11. The van der Waals surface area contributed by atoms with E-state index < -0.39 is 9.84 Å². The van der Waals surface area contributed by atoms with Crippen molar-refractivity contribution in [3.63, 3.8) is 0 Å². The molecule has 2 unspecified atom stereocenters. The van der Waals surface area contributed by atoms with Crippen molar-refractivity contribution in [2.45, 2.75) is 10.3 Å². The van der Waals surface area contributed by atoms with Crippen molar-refractivity contribution in [1.29, 1.82) is 0 Å². The van der Waals surface area contributed by atoms with Gasteiger partial charge in [-0.25, -0.2) is 8.42 Å². The van der Waals surface area contributed by atoms with Gasteiger partial charge in [-0.1, -0.05) is 18.2 Å². The highest BCUT2D eigenvalue weighted by atomic mass is 32.2. The highest BCUT2D eigenvalue weighted by molar-refractivity contribution is 7.92. The third-order valence-corrected chi connectivity index (χ3v) is 4.39. The van der Waals surface area contributed by atoms with Crippen molar-refractivity contribution in [2.75, 3.05) is 13.6 Å². The van der Waals surface area contributed by atoms with Crippen molar-refractivity contribution in [1.82, 2.24) is 4.90 Å². The van der Waals surface area contributed by atoms with E-state index in [9.17, 15) is 8.42 Å². The van der Waals surface area contributed by atoms with Gasteiger partial charge in [0.15, 0.2) is 9.84 Å². The van der Waals surface area contributed by atoms with Gasteiger partial charge in [0, 0.05) is 6.54 Å². The molecule has 1 aromatic rings. The zero-order valence-electron chi connectivity index (χ0n) is 7.34. The molecule has 1 fully saturated rings. The number of rotatable bonds is 2. The summed E-state index contributed by atoms with van der Waals surface area (Å²) in [6, 6.07) is 8.59. The molecular weight excluding hydrogens is 186 g/mol. The Morgan fingerprint density at radius 3 is 2.31 bits per heavy atom. The van der Waals surface area contributed by atoms with Gasteiger partial charge in [-0.05, 0) is 19.2 Å². The second-order valence-corrected chi connectivity index (χ2v) is 5.36. The lowest BCUT2D eigenvalue weighted by Gasteiger charge is -2.01. The van der Waals surface area contributed by atoms with Crippen LogP contribution in [0.4, 0.5) is 0 Å². The molecule has 0 radical (unpaired) electrons. The van der Waals surface area contributed by atoms with Crippen LogP contribution in [0.25, 0.3) is 0 Å². The molecule has 0 spiro atoms. The summed E-state index contributed by atoms with van der Waals surface area (Å²) in [6.07, 6.45) is 0. The molecule has 4 heteroatoms. The Morgan fingerprint density at radius 2 is 1.85 bits per heavy atom. The number of hydrogen-bond acceptors (Lipinski definition) is 3. The molecule has 3 nitrogen and oxygen atoms in total. The van der Waals surface area contributed by atoms with Gasteiger partial charge in [0.25, 0.3) is 0 Å². The molecule has 13 heavy (non-hydrogen) atoms. The molecule has 1 aliphatic rings. The first-order valence-electron chi connectivity index (χ1n) is 4.11. The van der Waals surface area contributed by atoms with Crippen molar-refractivity contribution < 1.29 is 8.42 Å². The van der Waals surface area contributed by atoms with Gasteiger partial charge >= 0.3 is 0 Å². The van der Waals surface area contributed by atoms with Crippen molar-refractivity contribution in [3.8, 4) is 0 Å². The second kappa shape index (κ2) is 2.82. The lowest BCUT2D eigenvalue weighted by molar-refractivity contribution is 0.577. The number of nitrogens with zero attached hydrogens (tertiary/aromatic N) is 1. The summed E-state index contributed by atoms with van der Waals surface area (Å²) < 4.78 is 23.5. The Kier molecular flexibility index (Phi) is 1.89. The Bertz CT molecular complexity index is 399. The molecule has 0 N–H and O–H groups in total. The fourth-order valence-corrected chi connectivity index (χ4v) is 3.06. The first kappa shape index (κ1) is 8.72. The van der Waals surface area contributed by atoms with Crippen molar-refractivity contribution >= 4 is 9.84 Å². The molecule has 70 valence electrons. The number of likely N-dealkylation sites (N-methyl/N-ethyl adjacent to an activating group) is 1. The standard InChI is InChI=1S/C9H11NO2S/c1-10-7-9(10)13(11,12)8-5-3-2-4-6-8/h2-6,9H,7H2,1H3. The summed E-state index contributed by atoms with van der Waals surface area (Å²) in [7, 11) is -1.28. The van der Waals surface area contributed by atoms with Crippen LogP contribution in [0.5, 0.6) is 0 Å². The van der Waals surface area contributed by atoms with E-state index in [-0.39, 0.29) is 5.37 Å². The van der Waals surface area contributed by atoms with E-state index in [1.807, 2.05) is 18.0 Å². The lowest BCUT2D eigenvalue weighted by atomic mass is 10.4. The smallest absolute Gasteiger partial charge is 0.195 e. The molecule has 1 aliphatic heterocycles. The fourth-order valence-electron chi connectivity index (χ4n) is 1.30. The van der Waals surface area contributed by atoms with Gasteiger partial charge in [0.1, 0.15) is 5.37 Å². The third kappa shape index (κ3) is 1.47. The van der Waals surface area contributed by atoms with E-state index in [1.165, 1.54) is 0 Å². The minimum absolute atomic E-state index is 0.296. The molecule has 2 rings (SSSR count). The average Bonchev–Trinajstić information content (AvgIpc) is 2.85. The van der Waals surface area contributed by atoms with Gasteiger partial charge in [0.2, 0.25) is 0 Å². The van der Waals surface area contributed by atoms with Crippen LogP contribution in [-0.4, -0.2) is 32.3 Å². The zero-order valence-corrected chi connectivity index (χ0v) is 8.16. The van der Waals surface area contributed by atoms with Crippen molar-refractivity contribution in [2.24, 2.45) is 0 Å². The summed E-state index contributed by atoms with van der Waals surface area (Å²) in [5, 5.41) is -0.296. The van der Waals surface area contributed by atoms with E-state index in [2.05, 4.69) is 0 Å². The van der Waals surface area contributed by atoms with Gasteiger partial charge in [-0.3, -0.25) is 4.90 Å². The Labute approximate surface area is 77.9 Å². The number of benzene rings is 1. The summed E-state index contributed by atoms with van der Waals surface area (Å²) in [4.78, 5) is 2.23. The third-order valence-electron chi connectivity index (χ3n) is 2.23. The predicted molar refractivity (Wildman–Crippen MR) is 50.0 cm³/mol. The molecule has 0 aliphatic carbocycles. The fraction of sp³-hybridized carbons (Fsp3) is 0.333. The molecule has 0 aromatic heterocycles. The SMILES string of the molecule is CN1CC1S(=O)(=O)c1ccccc1. The summed E-state index contributed by atoms with van der Waals surface area (Å²) in [5.41, 5.74) is 0. The minimum atomic E-state index is -3.09. The van der Waals surface area contributed by atoms with Gasteiger partial charge in [-0.15, -0.1) is 0 Å². The molecule has 0 amide bonds. The van der Waals surface area contributed by atoms with E-state index in [4.69, 9.17) is 0 Å². The minimum Gasteiger partial charge on any atom is -0.286 e. The van der Waals surface area contributed by atoms with Gasteiger partial charge in [0.05, 0.1) is 4.90 Å². The Balaban J connectivity index is 2.36.